The number of imidazole rings is 1. The molecule has 1 saturated heterocycles. The first-order valence-electron chi connectivity index (χ1n) is 6.58. The number of rotatable bonds is 4. The van der Waals surface area contributed by atoms with Crippen LogP contribution in [0.4, 0.5) is 5.95 Å². The molecule has 2 aromatic heterocycles. The third-order valence-electron chi connectivity index (χ3n) is 3.46. The fraction of sp³-hybridized carbons (Fsp3) is 0.500. The van der Waals surface area contributed by atoms with E-state index < -0.39 is 44.5 Å². The predicted molar refractivity (Wildman–Crippen MR) is 83.6 cm³/mol. The van der Waals surface area contributed by atoms with Gasteiger partial charge in [0, 0.05) is 59.1 Å². The molecule has 13 nitrogen and oxygen atoms in total. The Morgan fingerprint density at radius 1 is 1.38 bits per heavy atom. The first-order chi connectivity index (χ1) is 11.2. The molecule has 134 valence electrons. The predicted octanol–water partition coefficient (Wildman–Crippen LogP) is -4.60. The van der Waals surface area contributed by atoms with Crippen LogP contribution in [0.3, 0.4) is 0 Å². The normalized spacial score (nSPS) is 25.7. The van der Waals surface area contributed by atoms with Crippen LogP contribution < -0.4 is 21.1 Å². The zero-order chi connectivity index (χ0) is 17.6. The number of ether oxygens (including phenoxy) is 1. The second kappa shape index (κ2) is 9.09. The van der Waals surface area contributed by atoms with Crippen molar-refractivity contribution < 1.29 is 33.8 Å². The van der Waals surface area contributed by atoms with Crippen LogP contribution in [0.2, 0.25) is 0 Å². The van der Waals surface area contributed by atoms with Crippen molar-refractivity contribution in [2.45, 2.75) is 24.5 Å². The van der Waals surface area contributed by atoms with Crippen LogP contribution in [-0.2, 0) is 13.8 Å². The monoisotopic (exact) mass is 407 g/mol. The van der Waals surface area contributed by atoms with Gasteiger partial charge < -0.3 is 39.6 Å². The van der Waals surface area contributed by atoms with E-state index in [0.717, 1.165) is 10.9 Å². The van der Waals surface area contributed by atoms with Crippen LogP contribution in [0.25, 0.3) is 11.2 Å². The van der Waals surface area contributed by atoms with Gasteiger partial charge in [-0.2, -0.15) is 4.98 Å². The SMILES string of the molecule is Nc1nc2c(ncn2[C@@H]2O[C@H](COP(=O)([O-])[O-])[C@@H](O)[C@H]2O)c(=O)[nH]1.[Na].[Na]. The van der Waals surface area contributed by atoms with Crippen LogP contribution in [-0.4, -0.2) is 114 Å². The fourth-order valence-electron chi connectivity index (χ4n) is 2.39. The molecule has 0 aromatic carbocycles. The Labute approximate surface area is 189 Å². The Morgan fingerprint density at radius 2 is 2.04 bits per heavy atom. The van der Waals surface area contributed by atoms with Crippen LogP contribution in [0, 0.1) is 0 Å². The summed E-state index contributed by atoms with van der Waals surface area (Å²) >= 11 is 0. The van der Waals surface area contributed by atoms with Crippen molar-refractivity contribution in [2.75, 3.05) is 12.3 Å². The molecular weight excluding hydrogens is 395 g/mol. The topological polar surface area (TPSA) is 212 Å². The average molecular weight is 407 g/mol. The van der Waals surface area contributed by atoms with Gasteiger partial charge in [-0.05, 0) is 0 Å². The minimum Gasteiger partial charge on any atom is -0.790 e. The number of aliphatic hydroxyl groups excluding tert-OH is 2. The number of nitrogen functional groups attached to an aromatic ring is 1. The Kier molecular flexibility index (Phi) is 8.46. The number of hydrogen-bond acceptors (Lipinski definition) is 11. The number of anilines is 1. The summed E-state index contributed by atoms with van der Waals surface area (Å²) in [5.41, 5.74) is 4.77. The molecule has 4 atom stereocenters. The number of fused-ring (bicyclic) bond motifs is 1. The van der Waals surface area contributed by atoms with Crippen LogP contribution in [0.15, 0.2) is 11.1 Å². The number of nitrogens with zero attached hydrogens (tertiary/aromatic N) is 3. The summed E-state index contributed by atoms with van der Waals surface area (Å²) in [4.78, 5) is 42.7. The maximum absolute atomic E-state index is 11.7. The minimum atomic E-state index is -5.26. The fourth-order valence-corrected chi connectivity index (χ4v) is 2.72. The van der Waals surface area contributed by atoms with E-state index in [9.17, 15) is 29.4 Å². The van der Waals surface area contributed by atoms with Gasteiger partial charge in [-0.1, -0.05) is 0 Å². The van der Waals surface area contributed by atoms with E-state index in [4.69, 9.17) is 10.5 Å². The number of hydrogen-bond donors (Lipinski definition) is 4. The van der Waals surface area contributed by atoms with E-state index in [1.165, 1.54) is 0 Å². The van der Waals surface area contributed by atoms with Gasteiger partial charge in [0.15, 0.2) is 17.4 Å². The summed E-state index contributed by atoms with van der Waals surface area (Å²) in [5.74, 6) is -0.194. The average Bonchev–Trinajstić information content (AvgIpc) is 3.00. The third-order valence-corrected chi connectivity index (χ3v) is 3.92. The molecule has 0 amide bonds. The Morgan fingerprint density at radius 3 is 2.65 bits per heavy atom. The van der Waals surface area contributed by atoms with E-state index in [-0.39, 0.29) is 76.2 Å². The number of phosphoric ester groups is 1. The first-order valence-corrected chi connectivity index (χ1v) is 8.04. The molecule has 0 unspecified atom stereocenters. The molecule has 3 rings (SSSR count). The molecule has 0 spiro atoms. The van der Waals surface area contributed by atoms with Gasteiger partial charge in [0.1, 0.15) is 18.3 Å². The molecule has 16 heteroatoms. The second-order valence-electron chi connectivity index (χ2n) is 5.06. The minimum absolute atomic E-state index is 0. The third kappa shape index (κ3) is 4.94. The van der Waals surface area contributed by atoms with Gasteiger partial charge >= 0.3 is 0 Å². The largest absolute Gasteiger partial charge is 0.790 e. The molecule has 1 fully saturated rings. The Hall–Kier alpha value is 0.140. The first kappa shape index (κ1) is 24.2. The van der Waals surface area contributed by atoms with Crippen LogP contribution in [0.1, 0.15) is 6.23 Å². The summed E-state index contributed by atoms with van der Waals surface area (Å²) in [6.45, 7) is -0.776. The van der Waals surface area contributed by atoms with Gasteiger partial charge in [-0.25, -0.2) is 4.98 Å². The van der Waals surface area contributed by atoms with Gasteiger partial charge in [0.05, 0.1) is 20.8 Å². The van der Waals surface area contributed by atoms with Gasteiger partial charge in [0.2, 0.25) is 5.95 Å². The number of aliphatic hydroxyl groups is 2. The molecule has 26 heavy (non-hydrogen) atoms. The molecule has 1 aliphatic heterocycles. The molecular formula is C10H12N5Na2O8P-2. The summed E-state index contributed by atoms with van der Waals surface area (Å²) in [6.07, 6.45) is -4.46. The van der Waals surface area contributed by atoms with E-state index in [2.05, 4.69) is 19.5 Å². The molecule has 2 radical (unpaired) electrons. The standard InChI is InChI=1S/C10H14N5O8P.2Na/c11-10-13-7-4(8(18)14-10)12-2-15(7)9-6(17)5(16)3(23-9)1-22-24(19,20)21;;/h2-3,5-6,9,16-17H,1H2,(H2,19,20,21)(H3,11,13,14,18);;/p-2/t3-,5-,6-,9-;;/m1../s1. The van der Waals surface area contributed by atoms with Crippen molar-refractivity contribution in [1.29, 1.82) is 0 Å². The molecule has 3 heterocycles. The number of H-pyrrole nitrogens is 1. The van der Waals surface area contributed by atoms with E-state index in [1.54, 1.807) is 0 Å². The van der Waals surface area contributed by atoms with Crippen molar-refractivity contribution in [3.63, 3.8) is 0 Å². The van der Waals surface area contributed by atoms with Crippen molar-refractivity contribution >= 4 is 84.0 Å². The van der Waals surface area contributed by atoms with Crippen LogP contribution in [0.5, 0.6) is 0 Å². The number of aromatic amines is 1. The van der Waals surface area contributed by atoms with E-state index in [1.807, 2.05) is 0 Å². The quantitative estimate of drug-likeness (QED) is 0.280. The summed E-state index contributed by atoms with van der Waals surface area (Å²) in [6, 6.07) is 0. The van der Waals surface area contributed by atoms with Crippen molar-refractivity contribution in [3.05, 3.63) is 16.7 Å². The van der Waals surface area contributed by atoms with Crippen molar-refractivity contribution in [1.82, 2.24) is 19.5 Å². The molecule has 0 aliphatic carbocycles. The second-order valence-corrected chi connectivity index (χ2v) is 6.22. The summed E-state index contributed by atoms with van der Waals surface area (Å²) in [7, 11) is -5.26. The number of nitrogens with two attached hydrogens (primary N) is 1. The molecule has 0 bridgehead atoms. The van der Waals surface area contributed by atoms with Crippen molar-refractivity contribution in [3.8, 4) is 0 Å². The zero-order valence-corrected chi connectivity index (χ0v) is 18.7. The Bertz CT molecular complexity index is 871. The van der Waals surface area contributed by atoms with E-state index >= 15 is 0 Å². The van der Waals surface area contributed by atoms with E-state index in [0.29, 0.717) is 0 Å². The van der Waals surface area contributed by atoms with Gasteiger partial charge in [-0.3, -0.25) is 14.3 Å². The molecule has 1 aliphatic rings. The summed E-state index contributed by atoms with van der Waals surface area (Å²) in [5, 5.41) is 20.0. The molecule has 0 saturated carbocycles. The maximum Gasteiger partial charge on any atom is 0.280 e. The zero-order valence-electron chi connectivity index (χ0n) is 13.8. The number of phosphoric acid groups is 1. The molecule has 2 aromatic rings. The maximum atomic E-state index is 11.7. The Balaban J connectivity index is 0.00000169. The number of aromatic nitrogens is 4. The van der Waals surface area contributed by atoms with Gasteiger partial charge in [-0.15, -0.1) is 0 Å². The number of nitrogens with one attached hydrogen (secondary N) is 1. The smallest absolute Gasteiger partial charge is 0.280 e. The molecule has 5 N–H and O–H groups in total. The van der Waals surface area contributed by atoms with Crippen LogP contribution >= 0.6 is 7.82 Å². The van der Waals surface area contributed by atoms with Gasteiger partial charge in [0.25, 0.3) is 5.56 Å². The van der Waals surface area contributed by atoms with Crippen molar-refractivity contribution in [2.24, 2.45) is 0 Å². The summed E-state index contributed by atoms with van der Waals surface area (Å²) < 4.78 is 21.0.